The van der Waals surface area contributed by atoms with Crippen LogP contribution >= 0.6 is 0 Å². The molecule has 0 spiro atoms. The van der Waals surface area contributed by atoms with Gasteiger partial charge in [0.2, 0.25) is 0 Å². The molecule has 0 saturated heterocycles. The van der Waals surface area contributed by atoms with E-state index in [0.29, 0.717) is 37.6 Å². The summed E-state index contributed by atoms with van der Waals surface area (Å²) >= 11 is 0. The van der Waals surface area contributed by atoms with E-state index >= 15 is 0 Å². The van der Waals surface area contributed by atoms with E-state index in [1.807, 2.05) is 21.3 Å². The van der Waals surface area contributed by atoms with Gasteiger partial charge in [-0.25, -0.2) is 0 Å². The lowest BCUT2D eigenvalue weighted by Gasteiger charge is -2.18. The molecule has 0 aliphatic carbocycles. The van der Waals surface area contributed by atoms with Crippen LogP contribution in [0.3, 0.4) is 0 Å². The van der Waals surface area contributed by atoms with Gasteiger partial charge in [-0.15, -0.1) is 0 Å². The first-order valence-electron chi connectivity index (χ1n) is 29.9. The summed E-state index contributed by atoms with van der Waals surface area (Å²) in [6.45, 7) is 6.59. The second kappa shape index (κ2) is 54.1. The Morgan fingerprint density at radius 3 is 0.739 bits per heavy atom. The highest BCUT2D eigenvalue weighted by Gasteiger charge is 2.20. The van der Waals surface area contributed by atoms with Crippen molar-refractivity contribution in [3.8, 4) is 0 Å². The summed E-state index contributed by atoms with van der Waals surface area (Å²) in [6.07, 6.45) is 51.2. The minimum Gasteiger partial charge on any atom is -0.462 e. The van der Waals surface area contributed by atoms with Gasteiger partial charge in [0.05, 0.1) is 18.3 Å². The summed E-state index contributed by atoms with van der Waals surface area (Å²) in [5.74, 6) is -0.901. The van der Waals surface area contributed by atoms with Crippen LogP contribution in [-0.4, -0.2) is 76.9 Å². The zero-order valence-corrected chi connectivity index (χ0v) is 46.7. The third-order valence-corrected chi connectivity index (χ3v) is 14.3. The molecule has 0 aliphatic rings. The molecule has 0 heterocycles. The van der Waals surface area contributed by atoms with E-state index in [0.717, 1.165) is 64.2 Å². The summed E-state index contributed by atoms with van der Waals surface area (Å²) in [5, 5.41) is 0. The fourth-order valence-electron chi connectivity index (χ4n) is 9.52. The number of methoxy groups -OCH3 is 3. The summed E-state index contributed by atoms with van der Waals surface area (Å²) in [6, 6.07) is 0. The average molecular weight is 982 g/mol. The zero-order valence-electron chi connectivity index (χ0n) is 46.7. The first kappa shape index (κ1) is 67.3. The van der Waals surface area contributed by atoms with Crippen molar-refractivity contribution in [2.45, 2.75) is 334 Å². The number of hydrogen-bond donors (Lipinski definition) is 0. The van der Waals surface area contributed by atoms with Gasteiger partial charge in [0, 0.05) is 40.6 Å². The second-order valence-corrected chi connectivity index (χ2v) is 20.7. The van der Waals surface area contributed by atoms with E-state index in [1.165, 1.54) is 205 Å². The third-order valence-electron chi connectivity index (χ3n) is 14.3. The Balaban J connectivity index is 4.50. The molecule has 0 radical (unpaired) electrons. The van der Waals surface area contributed by atoms with Crippen molar-refractivity contribution in [3.63, 3.8) is 0 Å². The van der Waals surface area contributed by atoms with Crippen LogP contribution in [0.5, 0.6) is 0 Å². The van der Waals surface area contributed by atoms with Crippen LogP contribution in [0.25, 0.3) is 0 Å². The molecule has 0 N–H and O–H groups in total. The largest absolute Gasteiger partial charge is 0.462 e. The number of unbranched alkanes of at least 4 members (excludes halogenated alkanes) is 30. The van der Waals surface area contributed by atoms with Crippen molar-refractivity contribution in [2.75, 3.05) is 34.5 Å². The minimum absolute atomic E-state index is 0.0877. The van der Waals surface area contributed by atoms with Crippen LogP contribution < -0.4 is 0 Å². The second-order valence-electron chi connectivity index (χ2n) is 20.7. The molecular formula is C60H116O9. The number of ether oxygens (including phenoxy) is 6. The monoisotopic (exact) mass is 981 g/mol. The lowest BCUT2D eigenvalue weighted by molar-refractivity contribution is -0.167. The van der Waals surface area contributed by atoms with Gasteiger partial charge >= 0.3 is 17.9 Å². The summed E-state index contributed by atoms with van der Waals surface area (Å²) in [7, 11) is 5.56. The van der Waals surface area contributed by atoms with E-state index in [-0.39, 0.29) is 31.1 Å². The minimum atomic E-state index is -0.792. The smallest absolute Gasteiger partial charge is 0.306 e. The zero-order chi connectivity index (χ0) is 50.5. The van der Waals surface area contributed by atoms with Gasteiger partial charge in [-0.05, 0) is 57.8 Å². The Labute approximate surface area is 427 Å². The van der Waals surface area contributed by atoms with Crippen molar-refractivity contribution in [3.05, 3.63) is 0 Å². The van der Waals surface area contributed by atoms with Crippen molar-refractivity contribution < 1.29 is 42.8 Å². The van der Waals surface area contributed by atoms with Crippen LogP contribution in [-0.2, 0) is 42.8 Å². The van der Waals surface area contributed by atoms with E-state index in [1.54, 1.807) is 0 Å². The van der Waals surface area contributed by atoms with Gasteiger partial charge in [0.1, 0.15) is 13.2 Å². The molecule has 410 valence electrons. The van der Waals surface area contributed by atoms with Crippen molar-refractivity contribution in [1.82, 2.24) is 0 Å². The Morgan fingerprint density at radius 2 is 0.493 bits per heavy atom. The molecule has 9 nitrogen and oxygen atoms in total. The van der Waals surface area contributed by atoms with E-state index < -0.39 is 6.10 Å². The van der Waals surface area contributed by atoms with Gasteiger partial charge in [0.25, 0.3) is 0 Å². The summed E-state index contributed by atoms with van der Waals surface area (Å²) in [5.41, 5.74) is 0. The van der Waals surface area contributed by atoms with Crippen molar-refractivity contribution in [2.24, 2.45) is 0 Å². The quantitative estimate of drug-likeness (QED) is 0.0334. The lowest BCUT2D eigenvalue weighted by atomic mass is 10.0. The maximum absolute atomic E-state index is 12.9. The molecule has 3 unspecified atom stereocenters. The van der Waals surface area contributed by atoms with Crippen LogP contribution in [0.15, 0.2) is 0 Å². The molecule has 0 aliphatic heterocycles. The third kappa shape index (κ3) is 48.3. The van der Waals surface area contributed by atoms with Crippen LogP contribution in [0.1, 0.15) is 310 Å². The molecule has 69 heavy (non-hydrogen) atoms. The lowest BCUT2D eigenvalue weighted by Crippen LogP contribution is -2.30. The maximum Gasteiger partial charge on any atom is 0.306 e. The summed E-state index contributed by atoms with van der Waals surface area (Å²) in [4.78, 5) is 38.3. The normalized spacial score (nSPS) is 13.3. The summed E-state index contributed by atoms with van der Waals surface area (Å²) < 4.78 is 34.1. The molecule has 0 fully saturated rings. The molecule has 3 atom stereocenters. The number of carbonyl (C=O) groups excluding carboxylic acids is 3. The molecule has 0 aromatic heterocycles. The fraction of sp³-hybridized carbons (Fsp3) is 0.950. The highest BCUT2D eigenvalue weighted by atomic mass is 16.6. The molecular weight excluding hydrogens is 865 g/mol. The highest BCUT2D eigenvalue weighted by Crippen LogP contribution is 2.20. The SMILES string of the molecule is CCCCCCC(CCCCCCCCCCC(=O)OCC(COC(=O)CCCCCCCCCCC(CCCCCC)OC)OC(=O)CCCCCCCCCCC(CCCCCC)OC)OC. The Kier molecular flexibility index (Phi) is 52.7. The molecule has 0 saturated carbocycles. The molecule has 0 amide bonds. The number of hydrogen-bond acceptors (Lipinski definition) is 9. The predicted molar refractivity (Wildman–Crippen MR) is 289 cm³/mol. The van der Waals surface area contributed by atoms with Crippen molar-refractivity contribution in [1.29, 1.82) is 0 Å². The first-order valence-corrected chi connectivity index (χ1v) is 29.9. The van der Waals surface area contributed by atoms with Gasteiger partial charge in [-0.2, -0.15) is 0 Å². The Hall–Kier alpha value is -1.71. The number of rotatable bonds is 56. The van der Waals surface area contributed by atoms with Crippen LogP contribution in [0.4, 0.5) is 0 Å². The van der Waals surface area contributed by atoms with Gasteiger partial charge in [-0.3, -0.25) is 14.4 Å². The molecule has 0 aromatic carbocycles. The standard InChI is InChI=1S/C60H116O9/c1-7-10-13-34-43-54(64-4)46-37-28-22-16-19-25-31-40-49-58(61)67-52-57(69-60(63)51-42-33-27-21-18-24-30-39-48-56(66-6)45-36-15-12-9-3)53-68-59(62)50-41-32-26-20-17-23-29-38-47-55(65-5)44-35-14-11-8-2/h54-57H,7-53H2,1-6H3. The molecule has 0 rings (SSSR count). The Bertz CT molecular complexity index is 1030. The van der Waals surface area contributed by atoms with Gasteiger partial charge < -0.3 is 28.4 Å². The first-order chi connectivity index (χ1) is 33.8. The molecule has 0 aromatic rings. The topological polar surface area (TPSA) is 107 Å². The fourth-order valence-corrected chi connectivity index (χ4v) is 9.52. The molecule has 9 heteroatoms. The highest BCUT2D eigenvalue weighted by molar-refractivity contribution is 5.71. The predicted octanol–water partition coefficient (Wildman–Crippen LogP) is 17.6. The van der Waals surface area contributed by atoms with Gasteiger partial charge in [-0.1, -0.05) is 233 Å². The maximum atomic E-state index is 12.9. The number of carbonyl (C=O) groups is 3. The van der Waals surface area contributed by atoms with E-state index in [2.05, 4.69) is 20.8 Å². The van der Waals surface area contributed by atoms with E-state index in [4.69, 9.17) is 28.4 Å². The number of esters is 3. The average Bonchev–Trinajstić information content (AvgIpc) is 3.35. The molecule has 0 bridgehead atoms. The van der Waals surface area contributed by atoms with Crippen LogP contribution in [0.2, 0.25) is 0 Å². The van der Waals surface area contributed by atoms with Gasteiger partial charge in [0.15, 0.2) is 6.10 Å². The van der Waals surface area contributed by atoms with Crippen LogP contribution in [0, 0.1) is 0 Å². The van der Waals surface area contributed by atoms with E-state index in [9.17, 15) is 14.4 Å². The Morgan fingerprint density at radius 1 is 0.275 bits per heavy atom. The van der Waals surface area contributed by atoms with Crippen molar-refractivity contribution >= 4 is 17.9 Å².